The first-order valence-electron chi connectivity index (χ1n) is 7.73. The third kappa shape index (κ3) is 3.16. The lowest BCUT2D eigenvalue weighted by Gasteiger charge is -2.10. The maximum absolute atomic E-state index is 12.8. The van der Waals surface area contributed by atoms with Gasteiger partial charge in [0.2, 0.25) is 11.8 Å². The summed E-state index contributed by atoms with van der Waals surface area (Å²) in [4.78, 5) is 27.5. The monoisotopic (exact) mass is 337 g/mol. The fourth-order valence-corrected chi connectivity index (χ4v) is 2.70. The third-order valence-electron chi connectivity index (χ3n) is 4.10. The van der Waals surface area contributed by atoms with E-state index in [1.54, 1.807) is 21.8 Å². The van der Waals surface area contributed by atoms with Gasteiger partial charge >= 0.3 is 5.91 Å². The fourth-order valence-electron chi connectivity index (χ4n) is 2.70. The molecule has 0 saturated carbocycles. The van der Waals surface area contributed by atoms with Crippen LogP contribution < -0.4 is 5.01 Å². The van der Waals surface area contributed by atoms with Gasteiger partial charge in [-0.1, -0.05) is 35.3 Å². The number of amides is 1. The summed E-state index contributed by atoms with van der Waals surface area (Å²) in [5, 5.41) is 12.4. The van der Waals surface area contributed by atoms with E-state index in [9.17, 15) is 14.9 Å². The number of hydrogen-bond donors (Lipinski definition) is 0. The molecule has 0 unspecified atom stereocenters. The molecule has 1 amide bonds. The Bertz CT molecular complexity index is 890. The van der Waals surface area contributed by atoms with Crippen LogP contribution in [0.15, 0.2) is 59.6 Å². The number of aliphatic imine (C=N–C) groups is 1. The fraction of sp³-hybridized carbons (Fsp3) is 0.167. The van der Waals surface area contributed by atoms with E-state index in [1.165, 1.54) is 18.3 Å². The number of non-ortho nitro benzene ring substituents is 1. The molecular weight excluding hydrogens is 320 g/mol. The number of hydrazone groups is 1. The van der Waals surface area contributed by atoms with E-state index in [0.717, 1.165) is 11.4 Å². The lowest BCUT2D eigenvalue weighted by atomic mass is 10.2. The first-order chi connectivity index (χ1) is 12.0. The van der Waals surface area contributed by atoms with Gasteiger partial charge in [0.1, 0.15) is 5.69 Å². The van der Waals surface area contributed by atoms with Crippen molar-refractivity contribution in [2.75, 3.05) is 12.1 Å². The molecule has 126 valence electrons. The van der Waals surface area contributed by atoms with Crippen molar-refractivity contribution in [2.45, 2.75) is 13.0 Å². The van der Waals surface area contributed by atoms with Crippen molar-refractivity contribution < 1.29 is 14.4 Å². The SMILES string of the molecule is CC1=[N+](C)N(c2ccccc2)C(=O)[C@H]1N=Cc1cccc([N+](=O)[O-])c1. The van der Waals surface area contributed by atoms with Gasteiger partial charge in [0.05, 0.1) is 4.92 Å². The van der Waals surface area contributed by atoms with Gasteiger partial charge in [0, 0.05) is 25.3 Å². The van der Waals surface area contributed by atoms with Gasteiger partial charge in [0.15, 0.2) is 7.05 Å². The Balaban J connectivity index is 1.87. The highest BCUT2D eigenvalue weighted by Gasteiger charge is 2.44. The Morgan fingerprint density at radius 3 is 2.60 bits per heavy atom. The van der Waals surface area contributed by atoms with Crippen molar-refractivity contribution in [2.24, 2.45) is 4.99 Å². The van der Waals surface area contributed by atoms with Crippen molar-refractivity contribution in [3.8, 4) is 0 Å². The van der Waals surface area contributed by atoms with Gasteiger partial charge in [-0.15, -0.1) is 4.68 Å². The quantitative estimate of drug-likeness (QED) is 0.372. The van der Waals surface area contributed by atoms with E-state index in [2.05, 4.69) is 4.99 Å². The van der Waals surface area contributed by atoms with Gasteiger partial charge in [0.25, 0.3) is 5.69 Å². The van der Waals surface area contributed by atoms with E-state index in [1.807, 2.05) is 44.3 Å². The van der Waals surface area contributed by atoms with Gasteiger partial charge in [-0.3, -0.25) is 19.9 Å². The van der Waals surface area contributed by atoms with Crippen LogP contribution in [-0.4, -0.2) is 40.5 Å². The lowest BCUT2D eigenvalue weighted by molar-refractivity contribution is -0.495. The molecular formula is C18H17N4O3+. The molecule has 2 aromatic carbocycles. The highest BCUT2D eigenvalue weighted by Crippen LogP contribution is 2.21. The van der Waals surface area contributed by atoms with E-state index in [0.29, 0.717) is 5.56 Å². The summed E-state index contributed by atoms with van der Waals surface area (Å²) >= 11 is 0. The molecule has 7 nitrogen and oxygen atoms in total. The minimum Gasteiger partial charge on any atom is -0.268 e. The Hall–Kier alpha value is -3.35. The molecule has 1 aliphatic heterocycles. The van der Waals surface area contributed by atoms with Gasteiger partial charge in [-0.2, -0.15) is 0 Å². The summed E-state index contributed by atoms with van der Waals surface area (Å²) in [6.45, 7) is 1.84. The van der Waals surface area contributed by atoms with Crippen molar-refractivity contribution in [3.05, 3.63) is 70.3 Å². The number of carbonyl (C=O) groups is 1. The summed E-state index contributed by atoms with van der Waals surface area (Å²) in [6.07, 6.45) is 1.50. The van der Waals surface area contributed by atoms with E-state index >= 15 is 0 Å². The van der Waals surface area contributed by atoms with Crippen LogP contribution in [0, 0.1) is 10.1 Å². The topological polar surface area (TPSA) is 78.8 Å². The van der Waals surface area contributed by atoms with Crippen molar-refractivity contribution >= 4 is 29.2 Å². The van der Waals surface area contributed by atoms with Gasteiger partial charge in [-0.25, -0.2) is 0 Å². The van der Waals surface area contributed by atoms with Crippen molar-refractivity contribution in [1.29, 1.82) is 0 Å². The highest BCUT2D eigenvalue weighted by molar-refractivity contribution is 6.15. The maximum atomic E-state index is 12.8. The number of nitro groups is 1. The number of hydrazine groups is 1. The predicted molar refractivity (Wildman–Crippen MR) is 95.3 cm³/mol. The summed E-state index contributed by atoms with van der Waals surface area (Å²) in [5.74, 6) is -0.159. The first kappa shape index (κ1) is 16.5. The van der Waals surface area contributed by atoms with Gasteiger partial charge < -0.3 is 0 Å². The zero-order valence-electron chi connectivity index (χ0n) is 13.9. The standard InChI is InChI=1S/C18H17N4O3/c1-13-17(19-12-14-7-6-10-16(11-14)22(24)25)18(23)21(20(13)2)15-8-4-3-5-9-15/h3-12,17H,1-2H3/q+1/t17-/m0/s1. The summed E-state index contributed by atoms with van der Waals surface area (Å²) in [6, 6.07) is 14.8. The molecule has 0 N–H and O–H groups in total. The number of nitro benzene ring substituents is 1. The van der Waals surface area contributed by atoms with E-state index < -0.39 is 11.0 Å². The molecule has 7 heteroatoms. The first-order valence-corrected chi connectivity index (χ1v) is 7.73. The van der Waals surface area contributed by atoms with E-state index in [4.69, 9.17) is 0 Å². The van der Waals surface area contributed by atoms with Crippen LogP contribution in [0.5, 0.6) is 0 Å². The molecule has 1 atom stereocenters. The molecule has 0 aliphatic carbocycles. The third-order valence-corrected chi connectivity index (χ3v) is 4.10. The molecule has 3 rings (SSSR count). The van der Waals surface area contributed by atoms with Crippen LogP contribution in [0.25, 0.3) is 0 Å². The summed E-state index contributed by atoms with van der Waals surface area (Å²) in [7, 11) is 1.81. The van der Waals surface area contributed by atoms with Crippen LogP contribution in [0.2, 0.25) is 0 Å². The average Bonchev–Trinajstić information content (AvgIpc) is 2.83. The second-order valence-electron chi connectivity index (χ2n) is 5.68. The Labute approximate surface area is 144 Å². The Morgan fingerprint density at radius 1 is 1.20 bits per heavy atom. The van der Waals surface area contributed by atoms with Crippen molar-refractivity contribution in [1.82, 2.24) is 0 Å². The summed E-state index contributed by atoms with van der Waals surface area (Å²) < 4.78 is 1.77. The number of carbonyl (C=O) groups excluding carboxylic acids is 1. The van der Waals surface area contributed by atoms with Crippen LogP contribution in [0.3, 0.4) is 0 Å². The second-order valence-corrected chi connectivity index (χ2v) is 5.68. The molecule has 2 aromatic rings. The normalized spacial score (nSPS) is 17.6. The van der Waals surface area contributed by atoms with Crippen LogP contribution in [-0.2, 0) is 4.79 Å². The largest absolute Gasteiger partial charge is 0.318 e. The minimum absolute atomic E-state index is 0.00886. The Morgan fingerprint density at radius 2 is 1.92 bits per heavy atom. The molecule has 1 heterocycles. The molecule has 0 spiro atoms. The molecule has 0 aromatic heterocycles. The van der Waals surface area contributed by atoms with Crippen LogP contribution in [0.4, 0.5) is 11.4 Å². The highest BCUT2D eigenvalue weighted by atomic mass is 16.6. The Kier molecular flexibility index (Phi) is 4.38. The zero-order valence-corrected chi connectivity index (χ0v) is 13.9. The van der Waals surface area contributed by atoms with Gasteiger partial charge in [-0.05, 0) is 17.7 Å². The smallest absolute Gasteiger partial charge is 0.268 e. The van der Waals surface area contributed by atoms with Crippen LogP contribution in [0.1, 0.15) is 12.5 Å². The maximum Gasteiger partial charge on any atom is 0.318 e. The number of anilines is 1. The lowest BCUT2D eigenvalue weighted by Crippen LogP contribution is -2.35. The number of nitrogens with zero attached hydrogens (tertiary/aromatic N) is 4. The number of hydrogen-bond acceptors (Lipinski definition) is 4. The molecule has 1 aliphatic rings. The van der Waals surface area contributed by atoms with Crippen LogP contribution >= 0.6 is 0 Å². The molecule has 0 radical (unpaired) electrons. The number of para-hydroxylation sites is 1. The average molecular weight is 337 g/mol. The molecule has 25 heavy (non-hydrogen) atoms. The zero-order chi connectivity index (χ0) is 18.0. The predicted octanol–water partition coefficient (Wildman–Crippen LogP) is 2.45. The molecule has 0 fully saturated rings. The van der Waals surface area contributed by atoms with Crippen molar-refractivity contribution in [3.63, 3.8) is 0 Å². The number of rotatable bonds is 4. The second kappa shape index (κ2) is 6.64. The minimum atomic E-state index is -0.649. The number of benzene rings is 2. The molecule has 0 bridgehead atoms. The molecule has 0 saturated heterocycles. The summed E-state index contributed by atoms with van der Waals surface area (Å²) in [5.41, 5.74) is 2.12. The van der Waals surface area contributed by atoms with E-state index in [-0.39, 0.29) is 11.6 Å².